The van der Waals surface area contributed by atoms with Gasteiger partial charge in [-0.05, 0) is 28.2 Å². The molecule has 0 amide bonds. The normalized spacial score (nSPS) is 17.3. The lowest BCUT2D eigenvalue weighted by atomic mass is 9.85. The number of ether oxygens (including phenoxy) is 2. The molecule has 0 saturated carbocycles. The molecule has 0 spiro atoms. The number of carbonyl (C=O) groups is 2. The quantitative estimate of drug-likeness (QED) is 0.847. The summed E-state index contributed by atoms with van der Waals surface area (Å²) in [4.78, 5) is 24.1. The molecule has 5 nitrogen and oxygen atoms in total. The largest absolute Gasteiger partial charge is 0.466 e. The lowest BCUT2D eigenvalue weighted by Gasteiger charge is -2.20. The summed E-state index contributed by atoms with van der Waals surface area (Å²) in [5, 5.41) is 10.4. The number of hydrogen-bond donors (Lipinski definition) is 1. The minimum absolute atomic E-state index is 0.0722. The minimum Gasteiger partial charge on any atom is -0.466 e. The molecule has 22 heavy (non-hydrogen) atoms. The van der Waals surface area contributed by atoms with Crippen molar-refractivity contribution in [2.45, 2.75) is 32.3 Å². The molecule has 118 valence electrons. The second-order valence-corrected chi connectivity index (χ2v) is 6.23. The van der Waals surface area contributed by atoms with Crippen LogP contribution in [0.25, 0.3) is 5.57 Å². The zero-order valence-corrected chi connectivity index (χ0v) is 13.4. The van der Waals surface area contributed by atoms with Gasteiger partial charge in [-0.15, -0.1) is 0 Å². The highest BCUT2D eigenvalue weighted by atomic mass is 16.5. The Bertz CT molecular complexity index is 664. The van der Waals surface area contributed by atoms with Crippen LogP contribution in [0, 0.1) is 0 Å². The third kappa shape index (κ3) is 2.52. The van der Waals surface area contributed by atoms with Crippen LogP contribution in [0.5, 0.6) is 0 Å². The maximum Gasteiger partial charge on any atom is 0.339 e. The number of esters is 2. The SMILES string of the molecule is COC(=O)C1=C(C(=O)OC)C(O)c2ccc(C(C)(C)C)cc21. The Kier molecular flexibility index (Phi) is 4.11. The number of benzene rings is 1. The lowest BCUT2D eigenvalue weighted by Crippen LogP contribution is -2.13. The third-order valence-corrected chi connectivity index (χ3v) is 3.82. The van der Waals surface area contributed by atoms with E-state index < -0.39 is 18.0 Å². The van der Waals surface area contributed by atoms with Crippen molar-refractivity contribution < 1.29 is 24.2 Å². The van der Waals surface area contributed by atoms with E-state index in [-0.39, 0.29) is 16.6 Å². The molecule has 1 unspecified atom stereocenters. The first-order valence-corrected chi connectivity index (χ1v) is 6.96. The van der Waals surface area contributed by atoms with Crippen LogP contribution in [0.2, 0.25) is 0 Å². The second kappa shape index (κ2) is 5.57. The van der Waals surface area contributed by atoms with Gasteiger partial charge in [0.1, 0.15) is 6.10 Å². The van der Waals surface area contributed by atoms with Gasteiger partial charge in [0.05, 0.1) is 25.4 Å². The van der Waals surface area contributed by atoms with Gasteiger partial charge in [0.25, 0.3) is 0 Å². The van der Waals surface area contributed by atoms with Crippen LogP contribution in [0.15, 0.2) is 23.8 Å². The van der Waals surface area contributed by atoms with Gasteiger partial charge in [-0.2, -0.15) is 0 Å². The molecule has 1 aliphatic carbocycles. The molecule has 0 aliphatic heterocycles. The number of carbonyl (C=O) groups excluding carboxylic acids is 2. The second-order valence-electron chi connectivity index (χ2n) is 6.23. The molecule has 0 radical (unpaired) electrons. The van der Waals surface area contributed by atoms with Gasteiger partial charge >= 0.3 is 11.9 Å². The standard InChI is InChI=1S/C17H20O5/c1-17(2,3)9-6-7-10-11(8-9)12(15(19)21-4)13(14(10)18)16(20)22-5/h6-8,14,18H,1-5H3. The van der Waals surface area contributed by atoms with E-state index in [0.29, 0.717) is 11.1 Å². The van der Waals surface area contributed by atoms with Crippen LogP contribution >= 0.6 is 0 Å². The van der Waals surface area contributed by atoms with E-state index in [1.807, 2.05) is 32.9 Å². The highest BCUT2D eigenvalue weighted by Gasteiger charge is 2.39. The lowest BCUT2D eigenvalue weighted by molar-refractivity contribution is -0.138. The van der Waals surface area contributed by atoms with Crippen molar-refractivity contribution in [1.29, 1.82) is 0 Å². The minimum atomic E-state index is -1.19. The molecule has 0 saturated heterocycles. The maximum atomic E-state index is 12.1. The Morgan fingerprint density at radius 2 is 1.68 bits per heavy atom. The summed E-state index contributed by atoms with van der Waals surface area (Å²) < 4.78 is 9.47. The van der Waals surface area contributed by atoms with E-state index in [0.717, 1.165) is 5.56 Å². The number of rotatable bonds is 2. The number of hydrogen-bond acceptors (Lipinski definition) is 5. The van der Waals surface area contributed by atoms with E-state index in [1.165, 1.54) is 14.2 Å². The molecule has 0 heterocycles. The smallest absolute Gasteiger partial charge is 0.339 e. The highest BCUT2D eigenvalue weighted by molar-refractivity contribution is 6.25. The number of methoxy groups -OCH3 is 2. The van der Waals surface area contributed by atoms with Gasteiger partial charge in [0.2, 0.25) is 0 Å². The molecular weight excluding hydrogens is 284 g/mol. The molecule has 1 aromatic rings. The first-order valence-electron chi connectivity index (χ1n) is 6.96. The van der Waals surface area contributed by atoms with Crippen molar-refractivity contribution in [3.63, 3.8) is 0 Å². The Hall–Kier alpha value is -2.14. The van der Waals surface area contributed by atoms with E-state index >= 15 is 0 Å². The van der Waals surface area contributed by atoms with Crippen molar-refractivity contribution in [1.82, 2.24) is 0 Å². The van der Waals surface area contributed by atoms with Gasteiger partial charge in [0.15, 0.2) is 0 Å². The van der Waals surface area contributed by atoms with Crippen LogP contribution < -0.4 is 0 Å². The fraction of sp³-hybridized carbons (Fsp3) is 0.412. The number of fused-ring (bicyclic) bond motifs is 1. The van der Waals surface area contributed by atoms with E-state index in [1.54, 1.807) is 6.07 Å². The Morgan fingerprint density at radius 3 is 2.18 bits per heavy atom. The third-order valence-electron chi connectivity index (χ3n) is 3.82. The zero-order chi connectivity index (χ0) is 16.7. The average Bonchev–Trinajstić information content (AvgIpc) is 2.77. The van der Waals surface area contributed by atoms with Crippen LogP contribution in [0.1, 0.15) is 43.6 Å². The zero-order valence-electron chi connectivity index (χ0n) is 13.4. The summed E-state index contributed by atoms with van der Waals surface area (Å²) in [6, 6.07) is 5.44. The van der Waals surface area contributed by atoms with Crippen LogP contribution in [0.3, 0.4) is 0 Å². The topological polar surface area (TPSA) is 72.8 Å². The summed E-state index contributed by atoms with van der Waals surface area (Å²) in [5.74, 6) is -1.40. The fourth-order valence-corrected chi connectivity index (χ4v) is 2.56. The predicted molar refractivity (Wildman–Crippen MR) is 81.1 cm³/mol. The van der Waals surface area contributed by atoms with Gasteiger partial charge in [0, 0.05) is 0 Å². The summed E-state index contributed by atoms with van der Waals surface area (Å²) in [7, 11) is 2.45. The average molecular weight is 304 g/mol. The fourth-order valence-electron chi connectivity index (χ4n) is 2.56. The molecule has 0 fully saturated rings. The van der Waals surface area contributed by atoms with Crippen molar-refractivity contribution in [2.75, 3.05) is 14.2 Å². The van der Waals surface area contributed by atoms with Gasteiger partial charge < -0.3 is 14.6 Å². The van der Waals surface area contributed by atoms with Gasteiger partial charge in [-0.25, -0.2) is 9.59 Å². The summed E-state index contributed by atoms with van der Waals surface area (Å²) in [5.41, 5.74) is 1.89. The van der Waals surface area contributed by atoms with Crippen LogP contribution in [-0.4, -0.2) is 31.3 Å². The Morgan fingerprint density at radius 1 is 1.09 bits per heavy atom. The molecular formula is C17H20O5. The molecule has 5 heteroatoms. The summed E-state index contributed by atoms with van der Waals surface area (Å²) in [6.45, 7) is 6.13. The summed E-state index contributed by atoms with van der Waals surface area (Å²) in [6.07, 6.45) is -1.19. The molecule has 0 aromatic heterocycles. The van der Waals surface area contributed by atoms with E-state index in [9.17, 15) is 14.7 Å². The summed E-state index contributed by atoms with van der Waals surface area (Å²) >= 11 is 0. The first-order chi connectivity index (χ1) is 10.2. The van der Waals surface area contributed by atoms with Crippen molar-refractivity contribution in [3.8, 4) is 0 Å². The maximum absolute atomic E-state index is 12.1. The van der Waals surface area contributed by atoms with Gasteiger partial charge in [-0.3, -0.25) is 0 Å². The van der Waals surface area contributed by atoms with Crippen molar-refractivity contribution in [3.05, 3.63) is 40.5 Å². The molecule has 1 aliphatic rings. The molecule has 0 bridgehead atoms. The molecule has 1 aromatic carbocycles. The van der Waals surface area contributed by atoms with Crippen LogP contribution in [0.4, 0.5) is 0 Å². The Balaban J connectivity index is 2.71. The Labute approximate surface area is 129 Å². The van der Waals surface area contributed by atoms with Gasteiger partial charge in [-0.1, -0.05) is 32.9 Å². The molecule has 1 N–H and O–H groups in total. The monoisotopic (exact) mass is 304 g/mol. The number of aliphatic hydroxyl groups is 1. The van der Waals surface area contributed by atoms with Crippen molar-refractivity contribution >= 4 is 17.5 Å². The predicted octanol–water partition coefficient (Wildman–Crippen LogP) is 2.13. The van der Waals surface area contributed by atoms with E-state index in [2.05, 4.69) is 0 Å². The highest BCUT2D eigenvalue weighted by Crippen LogP contribution is 2.43. The molecule has 2 rings (SSSR count). The van der Waals surface area contributed by atoms with E-state index in [4.69, 9.17) is 9.47 Å². The molecule has 1 atom stereocenters. The van der Waals surface area contributed by atoms with Crippen molar-refractivity contribution in [2.24, 2.45) is 0 Å². The first kappa shape index (κ1) is 16.2. The number of aliphatic hydroxyl groups excluding tert-OH is 1. The van der Waals surface area contributed by atoms with Crippen LogP contribution in [-0.2, 0) is 24.5 Å².